The third-order valence-electron chi connectivity index (χ3n) is 3.38. The van der Waals surface area contributed by atoms with E-state index in [4.69, 9.17) is 4.42 Å². The summed E-state index contributed by atoms with van der Waals surface area (Å²) in [6.07, 6.45) is 5.89. The largest absolute Gasteiger partial charge is 0.465 e. The van der Waals surface area contributed by atoms with Crippen molar-refractivity contribution in [1.29, 1.82) is 0 Å². The summed E-state index contributed by atoms with van der Waals surface area (Å²) in [6, 6.07) is 13.2. The molecule has 3 rings (SSSR count). The number of hydrogen-bond acceptors (Lipinski definition) is 4. The number of nitrogens with zero attached hydrogens (tertiary/aromatic N) is 1. The first-order valence-corrected chi connectivity index (χ1v) is 7.59. The summed E-state index contributed by atoms with van der Waals surface area (Å²) in [5, 5.41) is 11.8. The molecule has 1 atom stereocenters. The molecule has 7 heteroatoms. The Kier molecular flexibility index (Phi) is 5.06. The lowest BCUT2D eigenvalue weighted by atomic mass is 10.1. The van der Waals surface area contributed by atoms with E-state index in [-0.39, 0.29) is 5.91 Å². The molecule has 1 aromatic carbocycles. The van der Waals surface area contributed by atoms with E-state index in [1.807, 2.05) is 6.07 Å². The van der Waals surface area contributed by atoms with E-state index in [9.17, 15) is 9.59 Å². The van der Waals surface area contributed by atoms with Crippen molar-refractivity contribution in [3.8, 4) is 0 Å². The Balaban J connectivity index is 1.74. The van der Waals surface area contributed by atoms with Gasteiger partial charge in [-0.05, 0) is 23.8 Å². The van der Waals surface area contributed by atoms with Crippen LogP contribution in [0.5, 0.6) is 0 Å². The van der Waals surface area contributed by atoms with Crippen molar-refractivity contribution in [3.63, 3.8) is 0 Å². The van der Waals surface area contributed by atoms with Gasteiger partial charge in [0.2, 0.25) is 5.91 Å². The Hall–Kier alpha value is -3.61. The summed E-state index contributed by atoms with van der Waals surface area (Å²) < 4.78 is 5.13. The number of aromatic amines is 1. The molecule has 0 bridgehead atoms. The fraction of sp³-hybridized carbons (Fsp3) is 0.0556. The number of nitrogens with one attached hydrogen (secondary N) is 3. The van der Waals surface area contributed by atoms with Crippen LogP contribution in [0.15, 0.2) is 71.5 Å². The second kappa shape index (κ2) is 7.78. The van der Waals surface area contributed by atoms with Crippen LogP contribution in [0.1, 0.15) is 17.4 Å². The molecule has 0 spiro atoms. The molecule has 0 fully saturated rings. The average molecular weight is 336 g/mol. The molecule has 1 unspecified atom stereocenters. The molecule has 7 nitrogen and oxygen atoms in total. The second-order valence-corrected chi connectivity index (χ2v) is 5.16. The summed E-state index contributed by atoms with van der Waals surface area (Å²) in [5.74, 6) is 0.208. The number of benzene rings is 1. The van der Waals surface area contributed by atoms with Crippen LogP contribution < -0.4 is 10.6 Å². The van der Waals surface area contributed by atoms with Gasteiger partial charge < -0.3 is 15.1 Å². The summed E-state index contributed by atoms with van der Waals surface area (Å²) in [5.41, 5.74) is 0.666. The minimum atomic E-state index is -0.849. The van der Waals surface area contributed by atoms with Crippen LogP contribution in [-0.2, 0) is 9.59 Å². The van der Waals surface area contributed by atoms with E-state index in [2.05, 4.69) is 20.8 Å². The first-order chi connectivity index (χ1) is 12.2. The Morgan fingerprint density at radius 1 is 1.12 bits per heavy atom. The molecule has 2 amide bonds. The lowest BCUT2D eigenvalue weighted by molar-refractivity contribution is -0.124. The molecule has 126 valence electrons. The van der Waals surface area contributed by atoms with Gasteiger partial charge in [-0.2, -0.15) is 5.10 Å². The zero-order chi connectivity index (χ0) is 17.5. The van der Waals surface area contributed by atoms with Crippen LogP contribution in [-0.4, -0.2) is 22.0 Å². The third-order valence-corrected chi connectivity index (χ3v) is 3.38. The van der Waals surface area contributed by atoms with Gasteiger partial charge in [-0.3, -0.25) is 14.7 Å². The van der Waals surface area contributed by atoms with Gasteiger partial charge in [-0.25, -0.2) is 0 Å². The minimum Gasteiger partial charge on any atom is -0.465 e. The molecule has 3 aromatic rings. The van der Waals surface area contributed by atoms with Crippen molar-refractivity contribution in [3.05, 3.63) is 78.4 Å². The van der Waals surface area contributed by atoms with Gasteiger partial charge in [0, 0.05) is 12.1 Å². The number of H-pyrrole nitrogens is 1. The molecule has 3 N–H and O–H groups in total. The first kappa shape index (κ1) is 16.3. The van der Waals surface area contributed by atoms with E-state index in [1.54, 1.807) is 42.5 Å². The first-order valence-electron chi connectivity index (χ1n) is 7.59. The van der Waals surface area contributed by atoms with Crippen molar-refractivity contribution in [2.24, 2.45) is 0 Å². The highest BCUT2D eigenvalue weighted by Crippen LogP contribution is 2.15. The zero-order valence-corrected chi connectivity index (χ0v) is 13.2. The average Bonchev–Trinajstić information content (AvgIpc) is 3.32. The smallest absolute Gasteiger partial charge is 0.252 e. The highest BCUT2D eigenvalue weighted by Gasteiger charge is 2.22. The molecular formula is C18H16N4O3. The second-order valence-electron chi connectivity index (χ2n) is 5.16. The van der Waals surface area contributed by atoms with E-state index < -0.39 is 11.9 Å². The van der Waals surface area contributed by atoms with Crippen molar-refractivity contribution >= 4 is 23.7 Å². The summed E-state index contributed by atoms with van der Waals surface area (Å²) in [6.45, 7) is 0. The van der Waals surface area contributed by atoms with Gasteiger partial charge in [0.15, 0.2) is 0 Å². The van der Waals surface area contributed by atoms with Gasteiger partial charge in [-0.15, -0.1) is 0 Å². The maximum atomic E-state index is 12.6. The SMILES string of the molecule is O=C(/C=C/c1ccco1)NC(C(=O)Nc1ccn[nH]1)c1ccccc1. The van der Waals surface area contributed by atoms with Crippen LogP contribution >= 0.6 is 0 Å². The number of hydrogen-bond donors (Lipinski definition) is 3. The van der Waals surface area contributed by atoms with Gasteiger partial charge >= 0.3 is 0 Å². The molecule has 0 aliphatic rings. The Labute approximate surface area is 143 Å². The lowest BCUT2D eigenvalue weighted by Crippen LogP contribution is -2.36. The van der Waals surface area contributed by atoms with Crippen molar-refractivity contribution in [2.45, 2.75) is 6.04 Å². The molecule has 0 saturated heterocycles. The number of aromatic nitrogens is 2. The Bertz CT molecular complexity index is 840. The predicted octanol–water partition coefficient (Wildman–Crippen LogP) is 2.51. The van der Waals surface area contributed by atoms with Crippen LogP contribution in [0.4, 0.5) is 5.82 Å². The van der Waals surface area contributed by atoms with Crippen LogP contribution in [0.25, 0.3) is 6.08 Å². The summed E-state index contributed by atoms with van der Waals surface area (Å²) >= 11 is 0. The normalized spacial score (nSPS) is 12.0. The van der Waals surface area contributed by atoms with Gasteiger partial charge in [0.05, 0.1) is 12.5 Å². The molecule has 0 saturated carbocycles. The molecule has 0 aliphatic carbocycles. The Morgan fingerprint density at radius 3 is 2.64 bits per heavy atom. The molecule has 0 radical (unpaired) electrons. The highest BCUT2D eigenvalue weighted by molar-refractivity contribution is 6.00. The van der Waals surface area contributed by atoms with Gasteiger partial charge in [0.1, 0.15) is 17.6 Å². The standard InChI is InChI=1S/C18H16N4O3/c23-16(9-8-14-7-4-12-25-14)21-17(13-5-2-1-3-6-13)18(24)20-15-10-11-19-22-15/h1-12,17H,(H,21,23)(H2,19,20,22,24)/b9-8+. The van der Waals surface area contributed by atoms with Crippen molar-refractivity contribution in [2.75, 3.05) is 5.32 Å². The van der Waals surface area contributed by atoms with Crippen LogP contribution in [0, 0.1) is 0 Å². The zero-order valence-electron chi connectivity index (χ0n) is 13.2. The van der Waals surface area contributed by atoms with Gasteiger partial charge in [-0.1, -0.05) is 30.3 Å². The van der Waals surface area contributed by atoms with Gasteiger partial charge in [0.25, 0.3) is 5.91 Å². The van der Waals surface area contributed by atoms with E-state index >= 15 is 0 Å². The predicted molar refractivity (Wildman–Crippen MR) is 92.3 cm³/mol. The minimum absolute atomic E-state index is 0.379. The fourth-order valence-electron chi connectivity index (χ4n) is 2.21. The third kappa shape index (κ3) is 4.44. The van der Waals surface area contributed by atoms with E-state index in [1.165, 1.54) is 24.6 Å². The van der Waals surface area contributed by atoms with Crippen molar-refractivity contribution < 1.29 is 14.0 Å². The number of anilines is 1. The lowest BCUT2D eigenvalue weighted by Gasteiger charge is -2.17. The topological polar surface area (TPSA) is 100 Å². The van der Waals surface area contributed by atoms with Crippen LogP contribution in [0.2, 0.25) is 0 Å². The molecule has 0 aliphatic heterocycles. The molecule has 25 heavy (non-hydrogen) atoms. The summed E-state index contributed by atoms with van der Waals surface area (Å²) in [7, 11) is 0. The number of carbonyl (C=O) groups is 2. The van der Waals surface area contributed by atoms with E-state index in [0.717, 1.165) is 0 Å². The quantitative estimate of drug-likeness (QED) is 0.602. The van der Waals surface area contributed by atoms with Crippen LogP contribution in [0.3, 0.4) is 0 Å². The number of amides is 2. The van der Waals surface area contributed by atoms with Crippen molar-refractivity contribution in [1.82, 2.24) is 15.5 Å². The number of furan rings is 1. The highest BCUT2D eigenvalue weighted by atomic mass is 16.3. The molecule has 2 aromatic heterocycles. The molecular weight excluding hydrogens is 320 g/mol. The Morgan fingerprint density at radius 2 is 1.96 bits per heavy atom. The number of rotatable bonds is 6. The maximum absolute atomic E-state index is 12.6. The number of carbonyl (C=O) groups excluding carboxylic acids is 2. The summed E-state index contributed by atoms with van der Waals surface area (Å²) in [4.78, 5) is 24.8. The van der Waals surface area contributed by atoms with E-state index in [0.29, 0.717) is 17.1 Å². The fourth-order valence-corrected chi connectivity index (χ4v) is 2.21. The monoisotopic (exact) mass is 336 g/mol. The maximum Gasteiger partial charge on any atom is 0.252 e. The molecule has 2 heterocycles.